The number of aromatic nitrogens is 5. The number of piperidine rings is 1. The van der Waals surface area contributed by atoms with Crippen LogP contribution in [0.15, 0.2) is 29.6 Å². The van der Waals surface area contributed by atoms with Crippen molar-refractivity contribution >= 4 is 29.1 Å². The van der Waals surface area contributed by atoms with Crippen LogP contribution in [0, 0.1) is 11.8 Å². The van der Waals surface area contributed by atoms with Gasteiger partial charge in [-0.2, -0.15) is 0 Å². The van der Waals surface area contributed by atoms with E-state index in [1.165, 1.54) is 11.3 Å². The number of hydrogen-bond donors (Lipinski definition) is 4. The van der Waals surface area contributed by atoms with Crippen LogP contribution >= 0.6 is 11.3 Å². The third-order valence-electron chi connectivity index (χ3n) is 11.0. The summed E-state index contributed by atoms with van der Waals surface area (Å²) in [6, 6.07) is 5.61. The first-order chi connectivity index (χ1) is 26.9. The molecule has 0 saturated carbocycles. The Morgan fingerprint density at radius 1 is 1.05 bits per heavy atom. The molecule has 56 heavy (non-hydrogen) atoms. The molecule has 3 heterocycles. The molecule has 0 bridgehead atoms. The third kappa shape index (κ3) is 12.5. The van der Waals surface area contributed by atoms with Crippen LogP contribution in [0.5, 0.6) is 5.75 Å². The van der Waals surface area contributed by atoms with Crippen LogP contribution in [0.3, 0.4) is 0 Å². The van der Waals surface area contributed by atoms with E-state index in [4.69, 9.17) is 9.72 Å². The second-order valence-electron chi connectivity index (χ2n) is 15.8. The van der Waals surface area contributed by atoms with Gasteiger partial charge in [0.1, 0.15) is 28.6 Å². The third-order valence-corrected chi connectivity index (χ3v) is 11.9. The molecule has 1 aliphatic heterocycles. The van der Waals surface area contributed by atoms with E-state index in [1.54, 1.807) is 17.5 Å². The van der Waals surface area contributed by atoms with Gasteiger partial charge in [-0.05, 0) is 92.1 Å². The molecule has 0 spiro atoms. The van der Waals surface area contributed by atoms with Crippen molar-refractivity contribution in [3.05, 3.63) is 51.7 Å². The van der Waals surface area contributed by atoms with Crippen molar-refractivity contribution in [3.8, 4) is 5.75 Å². The van der Waals surface area contributed by atoms with Crippen LogP contribution in [0.1, 0.15) is 139 Å². The van der Waals surface area contributed by atoms with Gasteiger partial charge in [0.2, 0.25) is 11.8 Å². The maximum atomic E-state index is 14.7. The minimum absolute atomic E-state index is 0.0482. The summed E-state index contributed by atoms with van der Waals surface area (Å²) < 4.78 is 6.47. The summed E-state index contributed by atoms with van der Waals surface area (Å²) in [5.74, 6) is 0.352. The number of likely N-dealkylation sites (tertiary alicyclic amines) is 1. The Hall–Kier alpha value is -3.95. The van der Waals surface area contributed by atoms with Crippen molar-refractivity contribution in [2.75, 3.05) is 26.7 Å². The summed E-state index contributed by atoms with van der Waals surface area (Å²) in [7, 11) is 1.99. The van der Waals surface area contributed by atoms with Gasteiger partial charge in [0, 0.05) is 43.0 Å². The monoisotopic (exact) mass is 795 g/mol. The van der Waals surface area contributed by atoms with Gasteiger partial charge < -0.3 is 25.4 Å². The van der Waals surface area contributed by atoms with E-state index < -0.39 is 12.1 Å². The summed E-state index contributed by atoms with van der Waals surface area (Å²) in [6.07, 6.45) is 6.33. The molecular formula is C41H65N9O5S. The average Bonchev–Trinajstić information content (AvgIpc) is 3.91. The predicted molar refractivity (Wildman–Crippen MR) is 218 cm³/mol. The number of carbonyl (C=O) groups excluding carboxylic acids is 3. The molecule has 0 aliphatic carbocycles. The molecule has 1 aromatic carbocycles. The highest BCUT2D eigenvalue weighted by atomic mass is 32.1. The Bertz CT molecular complexity index is 1640. The minimum atomic E-state index is -0.640. The first-order valence-electron chi connectivity index (χ1n) is 20.6. The van der Waals surface area contributed by atoms with E-state index in [2.05, 4.69) is 70.8 Å². The largest absolute Gasteiger partial charge is 0.508 e. The molecule has 310 valence electrons. The van der Waals surface area contributed by atoms with Crippen molar-refractivity contribution < 1.29 is 24.2 Å². The lowest BCUT2D eigenvalue weighted by Crippen LogP contribution is -2.58. The maximum absolute atomic E-state index is 14.7. The van der Waals surface area contributed by atoms with Gasteiger partial charge in [0.15, 0.2) is 5.82 Å². The van der Waals surface area contributed by atoms with E-state index in [1.807, 2.05) is 37.9 Å². The van der Waals surface area contributed by atoms with Crippen molar-refractivity contribution in [3.63, 3.8) is 0 Å². The highest BCUT2D eigenvalue weighted by Gasteiger charge is 2.38. The van der Waals surface area contributed by atoms with Gasteiger partial charge in [0.25, 0.3) is 5.91 Å². The molecule has 1 aliphatic rings. The Morgan fingerprint density at radius 3 is 2.43 bits per heavy atom. The first-order valence-corrected chi connectivity index (χ1v) is 21.4. The molecule has 3 amide bonds. The number of carbonyl (C=O) groups is 3. The fraction of sp³-hybridized carbons (Fsp3) is 0.683. The number of amides is 3. The number of ether oxygens (including phenoxy) is 1. The summed E-state index contributed by atoms with van der Waals surface area (Å²) >= 11 is 1.39. The van der Waals surface area contributed by atoms with Crippen LogP contribution in [-0.2, 0) is 20.7 Å². The Labute approximate surface area is 336 Å². The average molecular weight is 796 g/mol. The van der Waals surface area contributed by atoms with Gasteiger partial charge >= 0.3 is 0 Å². The number of phenolic OH excluding ortho intramolecular Hbond substituents is 1. The number of tetrazole rings is 1. The molecule has 4 rings (SSSR count). The molecule has 7 atom stereocenters. The van der Waals surface area contributed by atoms with Crippen LogP contribution in [-0.4, -0.2) is 109 Å². The Balaban J connectivity index is 1.55. The molecule has 0 radical (unpaired) electrons. The fourth-order valence-corrected chi connectivity index (χ4v) is 8.36. The van der Waals surface area contributed by atoms with Gasteiger partial charge in [-0.3, -0.25) is 19.3 Å². The van der Waals surface area contributed by atoms with Crippen molar-refractivity contribution in [1.29, 1.82) is 0 Å². The first kappa shape index (κ1) is 44.8. The van der Waals surface area contributed by atoms with Gasteiger partial charge in [-0.1, -0.05) is 73.4 Å². The van der Waals surface area contributed by atoms with Crippen molar-refractivity contribution in [2.45, 2.75) is 142 Å². The molecule has 0 unspecified atom stereocenters. The number of aromatic hydroxyl groups is 1. The zero-order valence-electron chi connectivity index (χ0n) is 34.7. The molecule has 3 aromatic rings. The number of H-pyrrole nitrogens is 1. The van der Waals surface area contributed by atoms with Crippen molar-refractivity contribution in [1.82, 2.24) is 46.0 Å². The lowest BCUT2D eigenvalue weighted by atomic mass is 9.92. The second kappa shape index (κ2) is 22.1. The van der Waals surface area contributed by atoms with Gasteiger partial charge in [-0.15, -0.1) is 16.4 Å². The summed E-state index contributed by atoms with van der Waals surface area (Å²) in [5.41, 5.74) is 1.26. The summed E-state index contributed by atoms with van der Waals surface area (Å²) in [4.78, 5) is 51.1. The van der Waals surface area contributed by atoms with Crippen LogP contribution in [0.2, 0.25) is 0 Å². The maximum Gasteiger partial charge on any atom is 0.270 e. The fourth-order valence-electron chi connectivity index (χ4n) is 7.50. The van der Waals surface area contributed by atoms with Crippen molar-refractivity contribution in [2.24, 2.45) is 11.8 Å². The standard InChI is InChI=1S/C41H65N9O5S/c1-9-19-50(41(54)36(27(6)11-3)44-39(53)33-14-12-13-20-49(33)8)34(26(4)5)24-35(55-21-10-2)40-43-32(25-56-40)38(52)42-30(22-28(7)37-45-47-48-46-37)23-29-15-17-31(51)18-16-29/h15-18,25-28,30,33-36,51H,9-14,19-24H2,1-8H3,(H,42,52)(H,44,53)(H,45,46,47,48)/t27-,28-,30+,33+,34+,35+,36-/m0/s1. The number of benzene rings is 1. The molecule has 4 N–H and O–H groups in total. The number of phenols is 1. The number of nitrogens with zero attached hydrogens (tertiary/aromatic N) is 6. The highest BCUT2D eigenvalue weighted by molar-refractivity contribution is 7.09. The predicted octanol–water partition coefficient (Wildman–Crippen LogP) is 6.03. The quantitative estimate of drug-likeness (QED) is 0.0939. The molecule has 1 fully saturated rings. The molecule has 14 nitrogen and oxygen atoms in total. The SMILES string of the molecule is CCCO[C@H](C[C@H](C(C)C)N(CCC)C(=O)[C@@H](NC(=O)[C@H]1CCCCN1C)[C@@H](C)CC)c1nc(C(=O)N[C@@H](Cc2ccc(O)cc2)C[C@H](C)c2nnn[nH]2)cs1. The second-order valence-corrected chi connectivity index (χ2v) is 16.7. The van der Waals surface area contributed by atoms with E-state index in [0.29, 0.717) is 48.9 Å². The number of rotatable bonds is 22. The van der Waals surface area contributed by atoms with Crippen LogP contribution in [0.4, 0.5) is 0 Å². The smallest absolute Gasteiger partial charge is 0.270 e. The summed E-state index contributed by atoms with van der Waals surface area (Å²) in [6.45, 7) is 16.4. The number of aromatic amines is 1. The molecule has 1 saturated heterocycles. The van der Waals surface area contributed by atoms with Crippen LogP contribution < -0.4 is 10.6 Å². The Kier molecular flexibility index (Phi) is 17.7. The lowest BCUT2D eigenvalue weighted by molar-refractivity contribution is -0.143. The number of likely N-dealkylation sites (N-methyl/N-ethyl adjacent to an activating group) is 1. The molecule has 15 heteroatoms. The minimum Gasteiger partial charge on any atom is -0.508 e. The van der Waals surface area contributed by atoms with E-state index >= 15 is 0 Å². The summed E-state index contributed by atoms with van der Waals surface area (Å²) in [5, 5.41) is 33.0. The van der Waals surface area contributed by atoms with E-state index in [9.17, 15) is 19.5 Å². The number of hydrogen-bond acceptors (Lipinski definition) is 11. The van der Waals surface area contributed by atoms with Gasteiger partial charge in [0.05, 0.1) is 6.04 Å². The molecular weight excluding hydrogens is 731 g/mol. The van der Waals surface area contributed by atoms with Crippen LogP contribution in [0.25, 0.3) is 0 Å². The van der Waals surface area contributed by atoms with E-state index in [-0.39, 0.29) is 59.4 Å². The number of nitrogens with one attached hydrogen (secondary N) is 3. The normalized spacial score (nSPS) is 18.1. The lowest BCUT2D eigenvalue weighted by Gasteiger charge is -2.40. The zero-order valence-corrected chi connectivity index (χ0v) is 35.5. The number of thiazole rings is 1. The molecule has 2 aromatic heterocycles. The van der Waals surface area contributed by atoms with E-state index in [0.717, 1.165) is 50.6 Å². The highest BCUT2D eigenvalue weighted by Crippen LogP contribution is 2.32. The topological polar surface area (TPSA) is 179 Å². The Morgan fingerprint density at radius 2 is 1.80 bits per heavy atom. The zero-order chi connectivity index (χ0) is 40.8. The van der Waals surface area contributed by atoms with Gasteiger partial charge in [-0.25, -0.2) is 10.1 Å².